The number of ether oxygens (including phenoxy) is 1. The van der Waals surface area contributed by atoms with Gasteiger partial charge in [-0.3, -0.25) is 0 Å². The molecule has 20 heavy (non-hydrogen) atoms. The molecule has 0 saturated carbocycles. The number of carboxylic acid groups (broad SMARTS) is 1. The molecule has 0 unspecified atom stereocenters. The second-order valence-electron chi connectivity index (χ2n) is 4.85. The molecule has 0 aliphatic heterocycles. The molecule has 3 nitrogen and oxygen atoms in total. The van der Waals surface area contributed by atoms with E-state index >= 15 is 0 Å². The Kier molecular flexibility index (Phi) is 6.79. The quantitative estimate of drug-likeness (QED) is 0.694. The summed E-state index contributed by atoms with van der Waals surface area (Å²) in [4.78, 5) is 10.8. The molecule has 5 heteroatoms. The van der Waals surface area contributed by atoms with E-state index in [0.29, 0.717) is 0 Å². The predicted octanol–water partition coefficient (Wildman–Crippen LogP) is 4.92. The molecule has 0 bridgehead atoms. The summed E-state index contributed by atoms with van der Waals surface area (Å²) >= 11 is 5.92. The van der Waals surface area contributed by atoms with Gasteiger partial charge in [-0.2, -0.15) is 0 Å². The van der Waals surface area contributed by atoms with Gasteiger partial charge in [0.05, 0.1) is 16.7 Å². The minimum absolute atomic E-state index is 0.0839. The molecule has 1 atom stereocenters. The van der Waals surface area contributed by atoms with E-state index in [4.69, 9.17) is 21.4 Å². The third kappa shape index (κ3) is 5.00. The van der Waals surface area contributed by atoms with Crippen molar-refractivity contribution in [3.05, 3.63) is 28.5 Å². The van der Waals surface area contributed by atoms with Crippen LogP contribution in [-0.2, 0) is 0 Å². The number of rotatable bonds is 8. The number of carbonyl (C=O) groups is 1. The first-order chi connectivity index (χ1) is 9.45. The van der Waals surface area contributed by atoms with Gasteiger partial charge in [-0.25, -0.2) is 9.18 Å². The van der Waals surface area contributed by atoms with Crippen LogP contribution in [-0.4, -0.2) is 17.2 Å². The van der Waals surface area contributed by atoms with Crippen LogP contribution in [0.15, 0.2) is 12.1 Å². The van der Waals surface area contributed by atoms with Crippen molar-refractivity contribution >= 4 is 17.6 Å². The van der Waals surface area contributed by atoms with Gasteiger partial charge in [0.2, 0.25) is 0 Å². The van der Waals surface area contributed by atoms with Crippen molar-refractivity contribution in [3.8, 4) is 5.75 Å². The molecule has 0 spiro atoms. The summed E-state index contributed by atoms with van der Waals surface area (Å²) in [5.74, 6) is -1.99. The summed E-state index contributed by atoms with van der Waals surface area (Å²) in [6.45, 7) is 4.04. The summed E-state index contributed by atoms with van der Waals surface area (Å²) in [5.41, 5.74) is -0.446. The number of hydrogen-bond acceptors (Lipinski definition) is 2. The van der Waals surface area contributed by atoms with Crippen LogP contribution in [0.25, 0.3) is 0 Å². The van der Waals surface area contributed by atoms with E-state index in [1.807, 2.05) is 6.92 Å². The van der Waals surface area contributed by atoms with Crippen molar-refractivity contribution < 1.29 is 19.0 Å². The van der Waals surface area contributed by atoms with Crippen LogP contribution in [0.3, 0.4) is 0 Å². The largest absolute Gasteiger partial charge is 0.489 e. The van der Waals surface area contributed by atoms with Gasteiger partial charge in [-0.05, 0) is 25.8 Å². The fourth-order valence-corrected chi connectivity index (χ4v) is 2.13. The smallest absolute Gasteiger partial charge is 0.338 e. The molecule has 112 valence electrons. The first-order valence-corrected chi connectivity index (χ1v) is 7.22. The van der Waals surface area contributed by atoms with E-state index in [-0.39, 0.29) is 16.9 Å². The Morgan fingerprint density at radius 1 is 1.40 bits per heavy atom. The van der Waals surface area contributed by atoms with Crippen LogP contribution in [0.2, 0.25) is 5.02 Å². The molecule has 0 saturated heterocycles. The lowest BCUT2D eigenvalue weighted by atomic mass is 10.1. The topological polar surface area (TPSA) is 46.5 Å². The van der Waals surface area contributed by atoms with E-state index in [9.17, 15) is 9.18 Å². The summed E-state index contributed by atoms with van der Waals surface area (Å²) < 4.78 is 19.1. The van der Waals surface area contributed by atoms with Crippen molar-refractivity contribution in [1.82, 2.24) is 0 Å². The molecule has 1 aromatic carbocycles. The molecule has 0 aliphatic rings. The molecule has 0 fully saturated rings. The average molecular weight is 303 g/mol. The standard InChI is InChI=1S/C15H20ClFO3/c1-3-4-5-6-7-10(2)20-14-9-13(17)11(15(18)19)8-12(14)16/h8-10H,3-7H2,1-2H3,(H,18,19)/t10-/m1/s1. The summed E-state index contributed by atoms with van der Waals surface area (Å²) in [6.07, 6.45) is 5.32. The molecule has 1 rings (SSSR count). The number of unbranched alkanes of at least 4 members (excludes halogenated alkanes) is 3. The van der Waals surface area contributed by atoms with Crippen molar-refractivity contribution in [2.75, 3.05) is 0 Å². The highest BCUT2D eigenvalue weighted by atomic mass is 35.5. The molecule has 0 aliphatic carbocycles. The normalized spacial score (nSPS) is 12.2. The summed E-state index contributed by atoms with van der Waals surface area (Å²) in [7, 11) is 0. The lowest BCUT2D eigenvalue weighted by molar-refractivity contribution is 0.0692. The Balaban J connectivity index is 2.63. The monoisotopic (exact) mass is 302 g/mol. The maximum atomic E-state index is 13.6. The van der Waals surface area contributed by atoms with Crippen LogP contribution in [0.5, 0.6) is 5.75 Å². The van der Waals surface area contributed by atoms with E-state index in [1.54, 1.807) is 0 Å². The molecule has 1 N–H and O–H groups in total. The molecule has 0 aromatic heterocycles. The molecule has 0 radical (unpaired) electrons. The number of hydrogen-bond donors (Lipinski definition) is 1. The van der Waals surface area contributed by atoms with Gasteiger partial charge >= 0.3 is 5.97 Å². The van der Waals surface area contributed by atoms with Gasteiger partial charge in [0.15, 0.2) is 0 Å². The zero-order valence-corrected chi connectivity index (χ0v) is 12.5. The molecular weight excluding hydrogens is 283 g/mol. The van der Waals surface area contributed by atoms with Gasteiger partial charge in [-0.1, -0.05) is 37.8 Å². The third-order valence-corrected chi connectivity index (χ3v) is 3.34. The van der Waals surface area contributed by atoms with Crippen LogP contribution in [0.4, 0.5) is 4.39 Å². The van der Waals surface area contributed by atoms with Gasteiger partial charge in [0.1, 0.15) is 11.6 Å². The number of halogens is 2. The average Bonchev–Trinajstić information content (AvgIpc) is 2.38. The van der Waals surface area contributed by atoms with Gasteiger partial charge in [0.25, 0.3) is 0 Å². The maximum Gasteiger partial charge on any atom is 0.338 e. The number of carboxylic acids is 1. The predicted molar refractivity (Wildman–Crippen MR) is 77.2 cm³/mol. The SMILES string of the molecule is CCCCCC[C@@H](C)Oc1cc(F)c(C(=O)O)cc1Cl. The Hall–Kier alpha value is -1.29. The highest BCUT2D eigenvalue weighted by Crippen LogP contribution is 2.29. The first-order valence-electron chi connectivity index (χ1n) is 6.84. The Morgan fingerprint density at radius 3 is 2.70 bits per heavy atom. The van der Waals surface area contributed by atoms with Gasteiger partial charge < -0.3 is 9.84 Å². The molecular formula is C15H20ClFO3. The highest BCUT2D eigenvalue weighted by molar-refractivity contribution is 6.32. The lowest BCUT2D eigenvalue weighted by Gasteiger charge is -2.16. The summed E-state index contributed by atoms with van der Waals surface area (Å²) in [5, 5.41) is 8.91. The number of aromatic carboxylic acids is 1. The second kappa shape index (κ2) is 8.10. The van der Waals surface area contributed by atoms with E-state index in [2.05, 4.69) is 6.92 Å². The number of benzene rings is 1. The molecule has 0 amide bonds. The van der Waals surface area contributed by atoms with E-state index in [0.717, 1.165) is 31.4 Å². The van der Waals surface area contributed by atoms with Crippen molar-refractivity contribution in [1.29, 1.82) is 0 Å². The zero-order valence-electron chi connectivity index (χ0n) is 11.8. The highest BCUT2D eigenvalue weighted by Gasteiger charge is 2.16. The van der Waals surface area contributed by atoms with Crippen LogP contribution in [0.1, 0.15) is 56.3 Å². The first kappa shape index (κ1) is 16.8. The Morgan fingerprint density at radius 2 is 2.10 bits per heavy atom. The second-order valence-corrected chi connectivity index (χ2v) is 5.25. The fraction of sp³-hybridized carbons (Fsp3) is 0.533. The van der Waals surface area contributed by atoms with Gasteiger partial charge in [0, 0.05) is 6.07 Å². The van der Waals surface area contributed by atoms with Crippen molar-refractivity contribution in [3.63, 3.8) is 0 Å². The van der Waals surface area contributed by atoms with E-state index in [1.165, 1.54) is 12.8 Å². The molecule has 0 heterocycles. The van der Waals surface area contributed by atoms with Crippen LogP contribution >= 0.6 is 11.6 Å². The van der Waals surface area contributed by atoms with E-state index < -0.39 is 17.3 Å². The lowest BCUT2D eigenvalue weighted by Crippen LogP contribution is -2.12. The Labute approximate surface area is 123 Å². The van der Waals surface area contributed by atoms with Gasteiger partial charge in [-0.15, -0.1) is 0 Å². The van der Waals surface area contributed by atoms with Crippen molar-refractivity contribution in [2.24, 2.45) is 0 Å². The Bertz CT molecular complexity index is 463. The van der Waals surface area contributed by atoms with Crippen LogP contribution < -0.4 is 4.74 Å². The minimum atomic E-state index is -1.34. The summed E-state index contributed by atoms with van der Waals surface area (Å²) in [6, 6.07) is 2.12. The molecule has 1 aromatic rings. The fourth-order valence-electron chi connectivity index (χ4n) is 1.92. The maximum absolute atomic E-state index is 13.6. The zero-order chi connectivity index (χ0) is 15.1. The van der Waals surface area contributed by atoms with Crippen molar-refractivity contribution in [2.45, 2.75) is 52.1 Å². The minimum Gasteiger partial charge on any atom is -0.489 e. The third-order valence-electron chi connectivity index (χ3n) is 3.04. The van der Waals surface area contributed by atoms with Crippen LogP contribution in [0, 0.1) is 5.82 Å².